The predicted molar refractivity (Wildman–Crippen MR) is 119 cm³/mol. The summed E-state index contributed by atoms with van der Waals surface area (Å²) in [6, 6.07) is 0. The quantitative estimate of drug-likeness (QED) is 0.370. The van der Waals surface area contributed by atoms with Gasteiger partial charge in [0.1, 0.15) is 17.4 Å². The molecule has 2 unspecified atom stereocenters. The molecule has 156 valence electrons. The van der Waals surface area contributed by atoms with Crippen LogP contribution in [-0.4, -0.2) is 57.4 Å². The van der Waals surface area contributed by atoms with Crippen LogP contribution in [0.1, 0.15) is 36.8 Å². The second kappa shape index (κ2) is 8.81. The fourth-order valence-corrected chi connectivity index (χ4v) is 3.84. The van der Waals surface area contributed by atoms with Gasteiger partial charge >= 0.3 is 0 Å². The van der Waals surface area contributed by atoms with Gasteiger partial charge in [0.25, 0.3) is 0 Å². The van der Waals surface area contributed by atoms with Gasteiger partial charge in [-0.2, -0.15) is 0 Å². The molecule has 9 heteroatoms. The SMILES string of the molecule is CNc1cn(NC)c(NC)c1C(C)C(=O)C(C)c1c(NC)cn(NC)c1NC. The van der Waals surface area contributed by atoms with E-state index in [2.05, 4.69) is 32.1 Å². The van der Waals surface area contributed by atoms with Crippen LogP contribution >= 0.6 is 0 Å². The summed E-state index contributed by atoms with van der Waals surface area (Å²) in [5.41, 5.74) is 9.96. The Morgan fingerprint density at radius 3 is 1.32 bits per heavy atom. The van der Waals surface area contributed by atoms with Crippen molar-refractivity contribution in [3.63, 3.8) is 0 Å². The van der Waals surface area contributed by atoms with Crippen LogP contribution < -0.4 is 32.1 Å². The molecule has 2 heterocycles. The van der Waals surface area contributed by atoms with Crippen LogP contribution in [0.2, 0.25) is 0 Å². The van der Waals surface area contributed by atoms with Gasteiger partial charge in [-0.3, -0.25) is 4.79 Å². The Morgan fingerprint density at radius 2 is 1.07 bits per heavy atom. The maximum absolute atomic E-state index is 13.5. The summed E-state index contributed by atoms with van der Waals surface area (Å²) in [6.07, 6.45) is 3.90. The van der Waals surface area contributed by atoms with Crippen LogP contribution in [0.3, 0.4) is 0 Å². The van der Waals surface area contributed by atoms with Crippen molar-refractivity contribution in [1.82, 2.24) is 9.35 Å². The average Bonchev–Trinajstić information content (AvgIpc) is 3.28. The van der Waals surface area contributed by atoms with E-state index in [1.54, 1.807) is 0 Å². The standard InChI is InChI=1S/C19H34N8O/c1-11(15-13(20-3)9-26(24-7)18(15)22-5)17(28)12(2)16-14(21-4)10-27(25-8)19(16)23-6/h9-12,20-25H,1-8H3. The summed E-state index contributed by atoms with van der Waals surface area (Å²) in [7, 11) is 11.1. The van der Waals surface area contributed by atoms with E-state index >= 15 is 0 Å². The Morgan fingerprint density at radius 1 is 0.714 bits per heavy atom. The number of hydrogen-bond donors (Lipinski definition) is 6. The number of nitrogens with one attached hydrogen (secondary N) is 6. The number of nitrogens with zero attached hydrogens (tertiary/aromatic N) is 2. The van der Waals surface area contributed by atoms with Gasteiger partial charge in [-0.1, -0.05) is 13.8 Å². The van der Waals surface area contributed by atoms with Crippen LogP contribution in [-0.2, 0) is 4.79 Å². The number of carbonyl (C=O) groups is 1. The lowest BCUT2D eigenvalue weighted by Crippen LogP contribution is -2.20. The molecule has 0 amide bonds. The summed E-state index contributed by atoms with van der Waals surface area (Å²) in [5.74, 6) is 1.28. The Hall–Kier alpha value is -2.97. The third-order valence-electron chi connectivity index (χ3n) is 5.30. The molecule has 0 aliphatic rings. The number of aromatic nitrogens is 2. The first-order valence-electron chi connectivity index (χ1n) is 9.50. The number of anilines is 4. The van der Waals surface area contributed by atoms with Gasteiger partial charge in [-0.05, 0) is 0 Å². The van der Waals surface area contributed by atoms with E-state index in [0.717, 1.165) is 34.1 Å². The molecule has 2 aromatic rings. The number of hydrogen-bond acceptors (Lipinski definition) is 7. The molecule has 0 bridgehead atoms. The third-order valence-corrected chi connectivity index (χ3v) is 5.30. The Balaban J connectivity index is 2.50. The van der Waals surface area contributed by atoms with Crippen LogP contribution in [0.4, 0.5) is 23.0 Å². The summed E-state index contributed by atoms with van der Waals surface area (Å²) < 4.78 is 3.76. The fraction of sp³-hybridized carbons (Fsp3) is 0.526. The molecule has 0 saturated carbocycles. The molecule has 9 nitrogen and oxygen atoms in total. The molecule has 2 aromatic heterocycles. The molecule has 0 aliphatic heterocycles. The third kappa shape index (κ3) is 3.44. The summed E-state index contributed by atoms with van der Waals surface area (Å²) in [4.78, 5) is 13.5. The van der Waals surface area contributed by atoms with E-state index in [1.807, 2.05) is 77.9 Å². The molecule has 0 radical (unpaired) electrons. The van der Waals surface area contributed by atoms with Crippen molar-refractivity contribution in [3.05, 3.63) is 23.5 Å². The first kappa shape index (κ1) is 21.3. The maximum Gasteiger partial charge on any atom is 0.147 e. The monoisotopic (exact) mass is 390 g/mol. The van der Waals surface area contributed by atoms with E-state index in [4.69, 9.17) is 0 Å². The van der Waals surface area contributed by atoms with Gasteiger partial charge in [-0.25, -0.2) is 9.35 Å². The summed E-state index contributed by atoms with van der Waals surface area (Å²) in [5, 5.41) is 12.8. The predicted octanol–water partition coefficient (Wildman–Crippen LogP) is 2.28. The van der Waals surface area contributed by atoms with Gasteiger partial charge in [0, 0.05) is 65.2 Å². The van der Waals surface area contributed by atoms with Crippen molar-refractivity contribution in [1.29, 1.82) is 0 Å². The zero-order valence-corrected chi connectivity index (χ0v) is 18.1. The van der Waals surface area contributed by atoms with Crippen molar-refractivity contribution in [3.8, 4) is 0 Å². The Kier molecular flexibility index (Phi) is 6.71. The highest BCUT2D eigenvalue weighted by molar-refractivity contribution is 5.96. The van der Waals surface area contributed by atoms with E-state index < -0.39 is 0 Å². The second-order valence-corrected chi connectivity index (χ2v) is 6.64. The normalized spacial score (nSPS) is 12.9. The minimum absolute atomic E-state index is 0.142. The number of rotatable bonds is 10. The largest absolute Gasteiger partial charge is 0.387 e. The van der Waals surface area contributed by atoms with Crippen LogP contribution in [0.5, 0.6) is 0 Å². The van der Waals surface area contributed by atoms with E-state index in [1.165, 1.54) is 0 Å². The molecule has 0 fully saturated rings. The lowest BCUT2D eigenvalue weighted by Gasteiger charge is -2.21. The molecular weight excluding hydrogens is 356 g/mol. The molecule has 6 N–H and O–H groups in total. The number of ketones is 1. The molecule has 0 saturated heterocycles. The van der Waals surface area contributed by atoms with Crippen molar-refractivity contribution in [2.75, 3.05) is 74.4 Å². The highest BCUT2D eigenvalue weighted by Crippen LogP contribution is 2.40. The number of carbonyl (C=O) groups excluding carboxylic acids is 1. The van der Waals surface area contributed by atoms with Crippen LogP contribution in [0.15, 0.2) is 12.4 Å². The first-order chi connectivity index (χ1) is 13.4. The first-order valence-corrected chi connectivity index (χ1v) is 9.50. The summed E-state index contributed by atoms with van der Waals surface area (Å²) in [6.45, 7) is 3.92. The van der Waals surface area contributed by atoms with Gasteiger partial charge < -0.3 is 32.1 Å². The second-order valence-electron chi connectivity index (χ2n) is 6.64. The van der Waals surface area contributed by atoms with E-state index in [0.29, 0.717) is 0 Å². The topological polar surface area (TPSA) is 99.1 Å². The van der Waals surface area contributed by atoms with E-state index in [9.17, 15) is 4.79 Å². The van der Waals surface area contributed by atoms with Crippen LogP contribution in [0.25, 0.3) is 0 Å². The molecule has 0 aliphatic carbocycles. The summed E-state index contributed by atoms with van der Waals surface area (Å²) >= 11 is 0. The van der Waals surface area contributed by atoms with Crippen LogP contribution in [0, 0.1) is 0 Å². The van der Waals surface area contributed by atoms with Crippen molar-refractivity contribution in [2.45, 2.75) is 25.7 Å². The van der Waals surface area contributed by atoms with Gasteiger partial charge in [-0.15, -0.1) is 0 Å². The van der Waals surface area contributed by atoms with Crippen molar-refractivity contribution >= 4 is 28.8 Å². The highest BCUT2D eigenvalue weighted by atomic mass is 16.1. The molecule has 28 heavy (non-hydrogen) atoms. The molecule has 2 atom stereocenters. The maximum atomic E-state index is 13.5. The zero-order valence-electron chi connectivity index (χ0n) is 18.1. The Bertz CT molecular complexity index is 756. The molecular formula is C19H34N8O. The lowest BCUT2D eigenvalue weighted by molar-refractivity contribution is -0.121. The molecule has 0 spiro atoms. The lowest BCUT2D eigenvalue weighted by atomic mass is 9.86. The highest BCUT2D eigenvalue weighted by Gasteiger charge is 2.32. The van der Waals surface area contributed by atoms with Gasteiger partial charge in [0.15, 0.2) is 0 Å². The fourth-order valence-electron chi connectivity index (χ4n) is 3.84. The van der Waals surface area contributed by atoms with Gasteiger partial charge in [0.05, 0.1) is 23.8 Å². The Labute approximate surface area is 167 Å². The molecule has 2 rings (SSSR count). The minimum Gasteiger partial charge on any atom is -0.387 e. The van der Waals surface area contributed by atoms with Crippen molar-refractivity contribution in [2.24, 2.45) is 0 Å². The smallest absolute Gasteiger partial charge is 0.147 e. The molecule has 0 aromatic carbocycles. The van der Waals surface area contributed by atoms with E-state index in [-0.39, 0.29) is 17.6 Å². The average molecular weight is 391 g/mol. The zero-order chi connectivity index (χ0) is 21.0. The van der Waals surface area contributed by atoms with Gasteiger partial charge in [0.2, 0.25) is 0 Å². The minimum atomic E-state index is -0.304. The number of Topliss-reactive ketones (excluding diaryl/α,β-unsaturated/α-hetero) is 1. The van der Waals surface area contributed by atoms with Crippen molar-refractivity contribution < 1.29 is 4.79 Å².